The molecule has 1 unspecified atom stereocenters. The zero-order valence-electron chi connectivity index (χ0n) is 15.4. The first kappa shape index (κ1) is 20.3. The quantitative estimate of drug-likeness (QED) is 0.463. The molecule has 0 aromatic carbocycles. The van der Waals surface area contributed by atoms with Crippen molar-refractivity contribution >= 4 is 22.3 Å². The number of carbonyl (C=O) groups is 2. The van der Waals surface area contributed by atoms with Crippen LogP contribution in [0.15, 0.2) is 0 Å². The Bertz CT molecular complexity index is 678. The highest BCUT2D eigenvalue weighted by Crippen LogP contribution is 2.31. The van der Waals surface area contributed by atoms with Crippen LogP contribution in [0.3, 0.4) is 0 Å². The number of nitrogens with one attached hydrogen (secondary N) is 1. The van der Waals surface area contributed by atoms with E-state index in [4.69, 9.17) is 9.39 Å². The number of urea groups is 1. The van der Waals surface area contributed by atoms with E-state index in [1.54, 1.807) is 0 Å². The first-order chi connectivity index (χ1) is 12.7. The SMILES string of the molecule is CN(C)C1CCC(ONC(=O)[C@@H]2CCC3CN2C(=O)N3OS(=O)(=O)O)CC1. The lowest BCUT2D eigenvalue weighted by Crippen LogP contribution is -2.50. The minimum Gasteiger partial charge on any atom is -0.309 e. The van der Waals surface area contributed by atoms with Crippen molar-refractivity contribution in [3.8, 4) is 0 Å². The predicted molar refractivity (Wildman–Crippen MR) is 92.3 cm³/mol. The standard InChI is InChI=1S/C15H26N4O7S/c1-17(2)10-3-6-12(7-4-10)25-16-14(20)13-8-5-11-9-18(13)15(21)19(11)26-27(22,23)24/h10-13H,3-9H2,1-2H3,(H,16,20)(H,22,23,24)/t10?,11?,12?,13-/m0/s1. The number of hydrogen-bond acceptors (Lipinski definition) is 7. The average molecular weight is 406 g/mol. The van der Waals surface area contributed by atoms with Crippen molar-refractivity contribution in [1.29, 1.82) is 0 Å². The molecule has 11 nitrogen and oxygen atoms in total. The second-order valence-electron chi connectivity index (χ2n) is 7.49. The highest BCUT2D eigenvalue weighted by atomic mass is 32.3. The molecule has 1 saturated carbocycles. The second kappa shape index (κ2) is 7.87. The first-order valence-corrected chi connectivity index (χ1v) is 10.4. The summed E-state index contributed by atoms with van der Waals surface area (Å²) >= 11 is 0. The molecule has 1 aliphatic carbocycles. The molecule has 12 heteroatoms. The van der Waals surface area contributed by atoms with Crippen LogP contribution in [0.2, 0.25) is 0 Å². The van der Waals surface area contributed by atoms with Gasteiger partial charge in [0.25, 0.3) is 5.91 Å². The van der Waals surface area contributed by atoms with E-state index >= 15 is 0 Å². The highest BCUT2D eigenvalue weighted by Gasteiger charge is 2.49. The summed E-state index contributed by atoms with van der Waals surface area (Å²) in [5.74, 6) is -0.440. The Labute approximate surface area is 158 Å². The zero-order chi connectivity index (χ0) is 19.8. The van der Waals surface area contributed by atoms with E-state index in [1.165, 1.54) is 4.90 Å². The zero-order valence-corrected chi connectivity index (χ0v) is 16.2. The lowest BCUT2D eigenvalue weighted by molar-refractivity contribution is -0.145. The van der Waals surface area contributed by atoms with E-state index in [0.29, 0.717) is 23.9 Å². The molecule has 3 aliphatic rings. The van der Waals surface area contributed by atoms with E-state index in [-0.39, 0.29) is 12.6 Å². The molecule has 2 saturated heterocycles. The summed E-state index contributed by atoms with van der Waals surface area (Å²) < 4.78 is 34.9. The van der Waals surface area contributed by atoms with Crippen molar-refractivity contribution in [1.82, 2.24) is 20.3 Å². The van der Waals surface area contributed by atoms with Crippen LogP contribution >= 0.6 is 0 Å². The van der Waals surface area contributed by atoms with Gasteiger partial charge in [-0.15, -0.1) is 4.28 Å². The Morgan fingerprint density at radius 3 is 2.44 bits per heavy atom. The van der Waals surface area contributed by atoms with Crippen LogP contribution in [0.5, 0.6) is 0 Å². The summed E-state index contributed by atoms with van der Waals surface area (Å²) in [6.45, 7) is 0.153. The smallest absolute Gasteiger partial charge is 0.309 e. The number of rotatable bonds is 6. The largest absolute Gasteiger partial charge is 0.418 e. The minimum atomic E-state index is -4.80. The van der Waals surface area contributed by atoms with Gasteiger partial charge in [0.05, 0.1) is 12.1 Å². The maximum absolute atomic E-state index is 12.5. The molecule has 3 amide bonds. The van der Waals surface area contributed by atoms with Crippen molar-refractivity contribution in [2.75, 3.05) is 20.6 Å². The monoisotopic (exact) mass is 406 g/mol. The fourth-order valence-electron chi connectivity index (χ4n) is 3.99. The van der Waals surface area contributed by atoms with Gasteiger partial charge in [0.1, 0.15) is 6.04 Å². The van der Waals surface area contributed by atoms with Crippen LogP contribution in [0.1, 0.15) is 38.5 Å². The Balaban J connectivity index is 1.51. The van der Waals surface area contributed by atoms with Gasteiger partial charge < -0.3 is 9.80 Å². The third-order valence-corrected chi connectivity index (χ3v) is 5.85. The normalized spacial score (nSPS) is 31.5. The van der Waals surface area contributed by atoms with Crippen LogP contribution in [0, 0.1) is 0 Å². The molecule has 2 atom stereocenters. The molecule has 3 fully saturated rings. The van der Waals surface area contributed by atoms with E-state index < -0.39 is 34.4 Å². The minimum absolute atomic E-state index is 0.0601. The highest BCUT2D eigenvalue weighted by molar-refractivity contribution is 7.80. The van der Waals surface area contributed by atoms with Gasteiger partial charge in [-0.3, -0.25) is 14.2 Å². The number of fused-ring (bicyclic) bond motifs is 2. The fraction of sp³-hybridized carbons (Fsp3) is 0.867. The summed E-state index contributed by atoms with van der Waals surface area (Å²) in [4.78, 5) is 33.7. The van der Waals surface area contributed by atoms with Gasteiger partial charge in [-0.05, 0) is 52.6 Å². The van der Waals surface area contributed by atoms with Gasteiger partial charge in [0, 0.05) is 12.6 Å². The molecule has 0 aromatic rings. The third kappa shape index (κ3) is 4.69. The van der Waals surface area contributed by atoms with Gasteiger partial charge in [-0.1, -0.05) is 0 Å². The first-order valence-electron chi connectivity index (χ1n) is 9.04. The van der Waals surface area contributed by atoms with Crippen molar-refractivity contribution in [2.45, 2.75) is 62.8 Å². The van der Waals surface area contributed by atoms with Crippen molar-refractivity contribution in [2.24, 2.45) is 0 Å². The summed E-state index contributed by atoms with van der Waals surface area (Å²) in [5.41, 5.74) is 2.46. The van der Waals surface area contributed by atoms with E-state index in [0.717, 1.165) is 25.7 Å². The van der Waals surface area contributed by atoms with Crippen LogP contribution in [-0.4, -0.2) is 84.6 Å². The maximum Gasteiger partial charge on any atom is 0.418 e. The molecule has 0 aromatic heterocycles. The molecular formula is C15H26N4O7S. The summed E-state index contributed by atoms with van der Waals surface area (Å²) in [6.07, 6.45) is 4.34. The predicted octanol–water partition coefficient (Wildman–Crippen LogP) is -0.0900. The molecule has 2 heterocycles. The Kier molecular flexibility index (Phi) is 5.91. The molecular weight excluding hydrogens is 380 g/mol. The van der Waals surface area contributed by atoms with E-state index in [9.17, 15) is 18.0 Å². The molecule has 0 radical (unpaired) electrons. The van der Waals surface area contributed by atoms with Crippen LogP contribution in [-0.2, 0) is 24.3 Å². The van der Waals surface area contributed by atoms with Gasteiger partial charge in [0.15, 0.2) is 0 Å². The molecule has 154 valence electrons. The number of hydroxylamine groups is 3. The number of nitrogens with zero attached hydrogens (tertiary/aromatic N) is 3. The summed E-state index contributed by atoms with van der Waals surface area (Å²) in [6, 6.07) is -1.53. The van der Waals surface area contributed by atoms with Gasteiger partial charge >= 0.3 is 16.4 Å². The fourth-order valence-corrected chi connectivity index (χ4v) is 4.38. The Hall–Kier alpha value is -1.47. The second-order valence-corrected chi connectivity index (χ2v) is 8.49. The lowest BCUT2D eigenvalue weighted by atomic mass is 9.92. The van der Waals surface area contributed by atoms with Crippen LogP contribution in [0.25, 0.3) is 0 Å². The number of carbonyl (C=O) groups excluding carboxylic acids is 2. The van der Waals surface area contributed by atoms with Gasteiger partial charge in [-0.25, -0.2) is 10.3 Å². The van der Waals surface area contributed by atoms with Crippen molar-refractivity contribution < 1.29 is 31.7 Å². The average Bonchev–Trinajstić information content (AvgIpc) is 2.83. The number of piperidine rings is 1. The Morgan fingerprint density at radius 1 is 1.19 bits per heavy atom. The van der Waals surface area contributed by atoms with Crippen LogP contribution in [0.4, 0.5) is 4.79 Å². The number of amides is 3. The van der Waals surface area contributed by atoms with Crippen LogP contribution < -0.4 is 5.48 Å². The van der Waals surface area contributed by atoms with Crippen molar-refractivity contribution in [3.63, 3.8) is 0 Å². The molecule has 2 N–H and O–H groups in total. The lowest BCUT2D eigenvalue weighted by Gasteiger charge is -2.33. The molecule has 2 aliphatic heterocycles. The molecule has 0 spiro atoms. The van der Waals surface area contributed by atoms with Gasteiger partial charge in [0.2, 0.25) is 0 Å². The third-order valence-electron chi connectivity index (χ3n) is 5.50. The maximum atomic E-state index is 12.5. The van der Waals surface area contributed by atoms with Gasteiger partial charge in [-0.2, -0.15) is 13.5 Å². The molecule has 2 bridgehead atoms. The van der Waals surface area contributed by atoms with E-state index in [2.05, 4.69) is 14.7 Å². The molecule has 3 rings (SSSR count). The number of hydrogen-bond donors (Lipinski definition) is 2. The summed E-state index contributed by atoms with van der Waals surface area (Å²) in [5, 5.41) is 0.617. The van der Waals surface area contributed by atoms with E-state index in [1.807, 2.05) is 14.1 Å². The Morgan fingerprint density at radius 2 is 1.85 bits per heavy atom. The topological polar surface area (TPSA) is 129 Å². The summed E-state index contributed by atoms with van der Waals surface area (Å²) in [7, 11) is -0.707. The van der Waals surface area contributed by atoms with Crippen molar-refractivity contribution in [3.05, 3.63) is 0 Å². The molecule has 27 heavy (non-hydrogen) atoms.